The molecule has 114 valence electrons. The van der Waals surface area contributed by atoms with E-state index >= 15 is 0 Å². The highest BCUT2D eigenvalue weighted by Gasteiger charge is 2.10. The maximum atomic E-state index is 12.3. The lowest BCUT2D eigenvalue weighted by Gasteiger charge is -2.08. The van der Waals surface area contributed by atoms with Crippen LogP contribution in [0.2, 0.25) is 0 Å². The average molecular weight is 304 g/mol. The van der Waals surface area contributed by atoms with Gasteiger partial charge in [-0.3, -0.25) is 9.78 Å². The molecule has 3 rings (SSSR count). The number of aromatic nitrogens is 2. The van der Waals surface area contributed by atoms with Crippen molar-refractivity contribution >= 4 is 28.2 Å². The lowest BCUT2D eigenvalue weighted by molar-refractivity contribution is 0.102. The molecule has 0 aliphatic heterocycles. The van der Waals surface area contributed by atoms with Crippen molar-refractivity contribution < 1.29 is 4.79 Å². The molecular formula is C18H16N4O. The SMILES string of the molecule is C=CCNc1ccc(C(=O)Nc2cccc3cccnc23)nc1. The number of nitrogens with zero attached hydrogens (tertiary/aromatic N) is 2. The number of fused-ring (bicyclic) bond motifs is 1. The maximum Gasteiger partial charge on any atom is 0.274 e. The summed E-state index contributed by atoms with van der Waals surface area (Å²) in [7, 11) is 0. The van der Waals surface area contributed by atoms with Crippen molar-refractivity contribution in [2.45, 2.75) is 0 Å². The van der Waals surface area contributed by atoms with E-state index in [4.69, 9.17) is 0 Å². The molecule has 0 unspecified atom stereocenters. The highest BCUT2D eigenvalue weighted by molar-refractivity contribution is 6.07. The number of hydrogen-bond acceptors (Lipinski definition) is 4. The van der Waals surface area contributed by atoms with Gasteiger partial charge in [0.25, 0.3) is 5.91 Å². The number of hydrogen-bond donors (Lipinski definition) is 2. The molecule has 0 atom stereocenters. The fraction of sp³-hybridized carbons (Fsp3) is 0.0556. The Morgan fingerprint density at radius 3 is 2.78 bits per heavy atom. The van der Waals surface area contributed by atoms with Gasteiger partial charge in [0.1, 0.15) is 5.69 Å². The summed E-state index contributed by atoms with van der Waals surface area (Å²) >= 11 is 0. The predicted molar refractivity (Wildman–Crippen MR) is 92.6 cm³/mol. The van der Waals surface area contributed by atoms with Crippen LogP contribution in [-0.4, -0.2) is 22.4 Å². The highest BCUT2D eigenvalue weighted by Crippen LogP contribution is 2.21. The Morgan fingerprint density at radius 2 is 2.00 bits per heavy atom. The van der Waals surface area contributed by atoms with Crippen LogP contribution in [0.5, 0.6) is 0 Å². The zero-order valence-corrected chi connectivity index (χ0v) is 12.5. The summed E-state index contributed by atoms with van der Waals surface area (Å²) in [6, 6.07) is 13.0. The fourth-order valence-electron chi connectivity index (χ4n) is 2.21. The number of amides is 1. The second-order valence-corrected chi connectivity index (χ2v) is 4.94. The number of carbonyl (C=O) groups is 1. The van der Waals surface area contributed by atoms with E-state index in [1.807, 2.05) is 36.4 Å². The molecule has 0 saturated carbocycles. The number of nitrogens with one attached hydrogen (secondary N) is 2. The van der Waals surface area contributed by atoms with E-state index in [1.54, 1.807) is 24.5 Å². The molecule has 0 bridgehead atoms. The van der Waals surface area contributed by atoms with Gasteiger partial charge < -0.3 is 10.6 Å². The van der Waals surface area contributed by atoms with Crippen molar-refractivity contribution in [1.82, 2.24) is 9.97 Å². The summed E-state index contributed by atoms with van der Waals surface area (Å²) in [6.45, 7) is 4.29. The molecule has 1 aromatic carbocycles. The van der Waals surface area contributed by atoms with Gasteiger partial charge in [-0.2, -0.15) is 0 Å². The second kappa shape index (κ2) is 6.70. The first kappa shape index (κ1) is 14.7. The molecular weight excluding hydrogens is 288 g/mol. The Labute approximate surface area is 134 Å². The zero-order valence-electron chi connectivity index (χ0n) is 12.5. The molecule has 0 radical (unpaired) electrons. The minimum absolute atomic E-state index is 0.265. The quantitative estimate of drug-likeness (QED) is 0.708. The van der Waals surface area contributed by atoms with Crippen LogP contribution in [0.25, 0.3) is 10.9 Å². The highest BCUT2D eigenvalue weighted by atomic mass is 16.1. The maximum absolute atomic E-state index is 12.3. The van der Waals surface area contributed by atoms with Crippen molar-refractivity contribution in [3.63, 3.8) is 0 Å². The van der Waals surface area contributed by atoms with Crippen LogP contribution in [0.15, 0.2) is 67.5 Å². The molecule has 5 nitrogen and oxygen atoms in total. The Kier molecular flexibility index (Phi) is 4.29. The lowest BCUT2D eigenvalue weighted by Crippen LogP contribution is -2.14. The minimum Gasteiger partial charge on any atom is -0.380 e. The van der Waals surface area contributed by atoms with Crippen LogP contribution in [-0.2, 0) is 0 Å². The number of para-hydroxylation sites is 1. The van der Waals surface area contributed by atoms with Gasteiger partial charge in [-0.25, -0.2) is 4.98 Å². The molecule has 2 N–H and O–H groups in total. The van der Waals surface area contributed by atoms with E-state index in [-0.39, 0.29) is 5.91 Å². The van der Waals surface area contributed by atoms with E-state index in [0.29, 0.717) is 17.9 Å². The molecule has 2 heterocycles. The summed E-state index contributed by atoms with van der Waals surface area (Å²) in [5, 5.41) is 6.95. The molecule has 1 amide bonds. The van der Waals surface area contributed by atoms with E-state index in [0.717, 1.165) is 16.6 Å². The van der Waals surface area contributed by atoms with Crippen LogP contribution in [0.4, 0.5) is 11.4 Å². The molecule has 0 saturated heterocycles. The molecule has 2 aromatic heterocycles. The first-order valence-corrected chi connectivity index (χ1v) is 7.24. The van der Waals surface area contributed by atoms with Gasteiger partial charge in [0.15, 0.2) is 0 Å². The third kappa shape index (κ3) is 3.35. The summed E-state index contributed by atoms with van der Waals surface area (Å²) in [5.41, 5.74) is 2.62. The number of pyridine rings is 2. The first-order valence-electron chi connectivity index (χ1n) is 7.24. The minimum atomic E-state index is -0.265. The smallest absolute Gasteiger partial charge is 0.274 e. The monoisotopic (exact) mass is 304 g/mol. The Morgan fingerprint density at radius 1 is 1.13 bits per heavy atom. The van der Waals surface area contributed by atoms with Crippen LogP contribution in [0.1, 0.15) is 10.5 Å². The topological polar surface area (TPSA) is 66.9 Å². The molecule has 0 spiro atoms. The number of anilines is 2. The Balaban J connectivity index is 1.79. The molecule has 0 fully saturated rings. The summed E-state index contributed by atoms with van der Waals surface area (Å²) in [5.74, 6) is -0.265. The normalized spacial score (nSPS) is 10.3. The van der Waals surface area contributed by atoms with E-state index in [9.17, 15) is 4.79 Å². The number of rotatable bonds is 5. The third-order valence-corrected chi connectivity index (χ3v) is 3.33. The molecule has 3 aromatic rings. The van der Waals surface area contributed by atoms with Gasteiger partial charge in [-0.05, 0) is 24.3 Å². The van der Waals surface area contributed by atoms with Gasteiger partial charge >= 0.3 is 0 Å². The van der Waals surface area contributed by atoms with Crippen LogP contribution in [0.3, 0.4) is 0 Å². The predicted octanol–water partition coefficient (Wildman–Crippen LogP) is 3.48. The Bertz CT molecular complexity index is 838. The largest absolute Gasteiger partial charge is 0.380 e. The van der Waals surface area contributed by atoms with E-state index in [2.05, 4.69) is 27.2 Å². The lowest BCUT2D eigenvalue weighted by atomic mass is 10.2. The van der Waals surface area contributed by atoms with Gasteiger partial charge in [0, 0.05) is 18.1 Å². The summed E-state index contributed by atoms with van der Waals surface area (Å²) in [6.07, 6.45) is 5.09. The Hall–Kier alpha value is -3.21. The van der Waals surface area contributed by atoms with Crippen molar-refractivity contribution in [3.05, 3.63) is 73.2 Å². The molecule has 0 aliphatic carbocycles. The molecule has 23 heavy (non-hydrogen) atoms. The van der Waals surface area contributed by atoms with Gasteiger partial charge in [-0.1, -0.05) is 24.3 Å². The van der Waals surface area contributed by atoms with Crippen LogP contribution in [0, 0.1) is 0 Å². The van der Waals surface area contributed by atoms with E-state index in [1.165, 1.54) is 0 Å². The number of benzene rings is 1. The van der Waals surface area contributed by atoms with Crippen molar-refractivity contribution in [2.24, 2.45) is 0 Å². The van der Waals surface area contributed by atoms with Crippen LogP contribution >= 0.6 is 0 Å². The zero-order chi connectivity index (χ0) is 16.1. The van der Waals surface area contributed by atoms with Gasteiger partial charge in [0.2, 0.25) is 0 Å². The van der Waals surface area contributed by atoms with Crippen LogP contribution < -0.4 is 10.6 Å². The summed E-state index contributed by atoms with van der Waals surface area (Å²) in [4.78, 5) is 20.8. The van der Waals surface area contributed by atoms with E-state index < -0.39 is 0 Å². The van der Waals surface area contributed by atoms with Gasteiger partial charge in [0.05, 0.1) is 23.1 Å². The standard InChI is InChI=1S/C18H16N4O/c1-2-10-19-14-8-9-16(21-12-14)18(23)22-15-7-3-5-13-6-4-11-20-17(13)15/h2-9,11-12,19H,1,10H2,(H,22,23). The molecule has 5 heteroatoms. The van der Waals surface area contributed by atoms with Gasteiger partial charge in [-0.15, -0.1) is 6.58 Å². The third-order valence-electron chi connectivity index (χ3n) is 3.33. The second-order valence-electron chi connectivity index (χ2n) is 4.94. The first-order chi connectivity index (χ1) is 11.3. The van der Waals surface area contributed by atoms with Crippen molar-refractivity contribution in [1.29, 1.82) is 0 Å². The fourth-order valence-corrected chi connectivity index (χ4v) is 2.21. The average Bonchev–Trinajstić information content (AvgIpc) is 2.60. The summed E-state index contributed by atoms with van der Waals surface area (Å²) < 4.78 is 0. The number of carbonyl (C=O) groups excluding carboxylic acids is 1. The van der Waals surface area contributed by atoms with Crippen molar-refractivity contribution in [2.75, 3.05) is 17.2 Å². The molecule has 0 aliphatic rings. The van der Waals surface area contributed by atoms with Crippen molar-refractivity contribution in [3.8, 4) is 0 Å².